The van der Waals surface area contributed by atoms with Gasteiger partial charge in [-0.2, -0.15) is 0 Å². The first-order valence-electron chi connectivity index (χ1n) is 9.27. The van der Waals surface area contributed by atoms with Gasteiger partial charge in [0.1, 0.15) is 6.04 Å². The molecule has 3 aliphatic heterocycles. The molecule has 3 aliphatic rings. The number of nitrogens with zero attached hydrogens (tertiary/aromatic N) is 2. The first kappa shape index (κ1) is 16.7. The van der Waals surface area contributed by atoms with Crippen LogP contribution in [-0.2, 0) is 14.4 Å². The summed E-state index contributed by atoms with van der Waals surface area (Å²) in [7, 11) is 0. The Hall–Kier alpha value is -3.41. The Morgan fingerprint density at radius 2 is 1.64 bits per heavy atom. The molecule has 0 radical (unpaired) electrons. The van der Waals surface area contributed by atoms with E-state index < -0.39 is 23.8 Å². The summed E-state index contributed by atoms with van der Waals surface area (Å²) in [5, 5.41) is 0. The number of benzene rings is 2. The molecule has 6 heteroatoms. The number of carbonyl (C=O) groups is 3. The van der Waals surface area contributed by atoms with Gasteiger partial charge in [0, 0.05) is 6.20 Å². The molecule has 2 saturated heterocycles. The summed E-state index contributed by atoms with van der Waals surface area (Å²) in [5.41, 5.74) is 9.19. The number of hydrogen-bond acceptors (Lipinski definition) is 4. The SMILES string of the molecule is Cc1ccc(N2C(=O)[C@@H]3[C@H](C2=O)[C@H](C(N)=O)N2C=Cc4ccccc4[C@@H]32)cc1. The lowest BCUT2D eigenvalue weighted by Gasteiger charge is -2.34. The molecule has 3 amide bonds. The topological polar surface area (TPSA) is 83.7 Å². The first-order valence-corrected chi connectivity index (χ1v) is 9.27. The molecule has 28 heavy (non-hydrogen) atoms. The highest BCUT2D eigenvalue weighted by atomic mass is 16.2. The fraction of sp³-hybridized carbons (Fsp3) is 0.227. The third-order valence-corrected chi connectivity index (χ3v) is 6.05. The normalized spacial score (nSPS) is 27.6. The lowest BCUT2D eigenvalue weighted by atomic mass is 9.84. The number of rotatable bonds is 2. The van der Waals surface area contributed by atoms with Gasteiger partial charge in [-0.25, -0.2) is 4.90 Å². The number of nitrogens with two attached hydrogens (primary N) is 1. The summed E-state index contributed by atoms with van der Waals surface area (Å²) in [6.07, 6.45) is 3.69. The average molecular weight is 373 g/mol. The first-order chi connectivity index (χ1) is 13.5. The summed E-state index contributed by atoms with van der Waals surface area (Å²) in [6.45, 7) is 1.94. The second kappa shape index (κ2) is 5.79. The van der Waals surface area contributed by atoms with E-state index in [1.165, 1.54) is 4.90 Å². The van der Waals surface area contributed by atoms with Crippen molar-refractivity contribution in [2.75, 3.05) is 4.90 Å². The Labute approximate surface area is 162 Å². The summed E-state index contributed by atoms with van der Waals surface area (Å²) in [6, 6.07) is 13.8. The largest absolute Gasteiger partial charge is 0.368 e. The van der Waals surface area contributed by atoms with Gasteiger partial charge in [0.15, 0.2) is 0 Å². The van der Waals surface area contributed by atoms with Crippen LogP contribution in [0.5, 0.6) is 0 Å². The highest BCUT2D eigenvalue weighted by Gasteiger charge is 2.64. The highest BCUT2D eigenvalue weighted by molar-refractivity contribution is 6.24. The Morgan fingerprint density at radius 3 is 2.36 bits per heavy atom. The molecule has 5 rings (SSSR count). The Bertz CT molecular complexity index is 1040. The van der Waals surface area contributed by atoms with Gasteiger partial charge in [-0.1, -0.05) is 42.0 Å². The van der Waals surface area contributed by atoms with Gasteiger partial charge in [0.2, 0.25) is 17.7 Å². The van der Waals surface area contributed by atoms with Crippen molar-refractivity contribution in [3.05, 3.63) is 71.4 Å². The standard InChI is InChI=1S/C22H19N3O3/c1-12-6-8-14(9-7-12)25-21(27)16-17(22(25)28)19(20(23)26)24-11-10-13-4-2-3-5-15(13)18(16)24/h2-11,16-19H,1H3,(H2,23,26)/t16-,17+,18+,19-/m1/s1. The fourth-order valence-electron chi connectivity index (χ4n) is 4.83. The zero-order valence-corrected chi connectivity index (χ0v) is 15.3. The minimum Gasteiger partial charge on any atom is -0.368 e. The molecule has 2 N–H and O–H groups in total. The van der Waals surface area contributed by atoms with Crippen molar-refractivity contribution >= 4 is 29.5 Å². The number of imide groups is 1. The molecule has 2 aromatic carbocycles. The number of anilines is 1. The minimum absolute atomic E-state index is 0.275. The molecule has 4 atom stereocenters. The van der Waals surface area contributed by atoms with Crippen LogP contribution in [0, 0.1) is 18.8 Å². The van der Waals surface area contributed by atoms with Crippen LogP contribution in [-0.4, -0.2) is 28.7 Å². The van der Waals surface area contributed by atoms with Crippen LogP contribution in [0.1, 0.15) is 22.7 Å². The van der Waals surface area contributed by atoms with Crippen molar-refractivity contribution < 1.29 is 14.4 Å². The number of hydrogen-bond donors (Lipinski definition) is 1. The Morgan fingerprint density at radius 1 is 0.964 bits per heavy atom. The van der Waals surface area contributed by atoms with Crippen molar-refractivity contribution in [3.63, 3.8) is 0 Å². The maximum absolute atomic E-state index is 13.4. The van der Waals surface area contributed by atoms with Crippen LogP contribution >= 0.6 is 0 Å². The summed E-state index contributed by atoms with van der Waals surface area (Å²) < 4.78 is 0. The lowest BCUT2D eigenvalue weighted by molar-refractivity contribution is -0.129. The quantitative estimate of drug-likeness (QED) is 0.816. The maximum atomic E-state index is 13.4. The van der Waals surface area contributed by atoms with Crippen LogP contribution in [0.15, 0.2) is 54.7 Å². The molecule has 0 spiro atoms. The molecular weight excluding hydrogens is 354 g/mol. The molecule has 0 aromatic heterocycles. The molecule has 2 aromatic rings. The van der Waals surface area contributed by atoms with Crippen molar-refractivity contribution in [2.24, 2.45) is 17.6 Å². The number of carbonyl (C=O) groups excluding carboxylic acids is 3. The van der Waals surface area contributed by atoms with Crippen LogP contribution in [0.3, 0.4) is 0 Å². The molecular formula is C22H19N3O3. The van der Waals surface area contributed by atoms with Gasteiger partial charge < -0.3 is 10.6 Å². The van der Waals surface area contributed by atoms with E-state index in [9.17, 15) is 14.4 Å². The van der Waals surface area contributed by atoms with E-state index in [1.54, 1.807) is 23.2 Å². The van der Waals surface area contributed by atoms with E-state index >= 15 is 0 Å². The number of amides is 3. The molecule has 3 heterocycles. The zero-order valence-electron chi connectivity index (χ0n) is 15.3. The molecule has 6 nitrogen and oxygen atoms in total. The minimum atomic E-state index is -0.841. The van der Waals surface area contributed by atoms with E-state index in [0.717, 1.165) is 16.7 Å². The Balaban J connectivity index is 1.65. The van der Waals surface area contributed by atoms with E-state index in [-0.39, 0.29) is 17.9 Å². The summed E-state index contributed by atoms with van der Waals surface area (Å²) >= 11 is 0. The predicted octanol–water partition coefficient (Wildman–Crippen LogP) is 2.00. The maximum Gasteiger partial charge on any atom is 0.240 e. The molecule has 0 saturated carbocycles. The number of fused-ring (bicyclic) bond motifs is 5. The van der Waals surface area contributed by atoms with E-state index in [0.29, 0.717) is 5.69 Å². The van der Waals surface area contributed by atoms with Gasteiger partial charge >= 0.3 is 0 Å². The number of primary amides is 1. The summed E-state index contributed by atoms with van der Waals surface area (Å²) in [4.78, 5) is 42.1. The van der Waals surface area contributed by atoms with E-state index in [4.69, 9.17) is 5.73 Å². The monoisotopic (exact) mass is 373 g/mol. The zero-order chi connectivity index (χ0) is 19.6. The van der Waals surface area contributed by atoms with Crippen LogP contribution < -0.4 is 10.6 Å². The average Bonchev–Trinajstić information content (AvgIpc) is 3.16. The highest BCUT2D eigenvalue weighted by Crippen LogP contribution is 2.52. The van der Waals surface area contributed by atoms with Crippen LogP contribution in [0.25, 0.3) is 6.08 Å². The Kier molecular flexibility index (Phi) is 3.46. The van der Waals surface area contributed by atoms with E-state index in [1.807, 2.05) is 49.4 Å². The smallest absolute Gasteiger partial charge is 0.240 e. The molecule has 2 fully saturated rings. The molecule has 0 aliphatic carbocycles. The second-order valence-electron chi connectivity index (χ2n) is 7.58. The fourth-order valence-corrected chi connectivity index (χ4v) is 4.83. The summed E-state index contributed by atoms with van der Waals surface area (Å²) in [5.74, 6) is -2.65. The number of aryl methyl sites for hydroxylation is 1. The third kappa shape index (κ3) is 2.11. The predicted molar refractivity (Wildman–Crippen MR) is 104 cm³/mol. The van der Waals surface area contributed by atoms with Crippen LogP contribution in [0.4, 0.5) is 5.69 Å². The van der Waals surface area contributed by atoms with Crippen molar-refractivity contribution in [1.82, 2.24) is 4.90 Å². The van der Waals surface area contributed by atoms with Crippen molar-refractivity contribution in [2.45, 2.75) is 19.0 Å². The molecule has 140 valence electrons. The van der Waals surface area contributed by atoms with Gasteiger partial charge in [-0.05, 0) is 36.3 Å². The van der Waals surface area contributed by atoms with Gasteiger partial charge in [0.25, 0.3) is 0 Å². The van der Waals surface area contributed by atoms with E-state index in [2.05, 4.69) is 0 Å². The van der Waals surface area contributed by atoms with Gasteiger partial charge in [-0.3, -0.25) is 14.4 Å². The van der Waals surface area contributed by atoms with Crippen LogP contribution in [0.2, 0.25) is 0 Å². The molecule has 0 unspecified atom stereocenters. The van der Waals surface area contributed by atoms with Crippen molar-refractivity contribution in [1.29, 1.82) is 0 Å². The molecule has 0 bridgehead atoms. The van der Waals surface area contributed by atoms with Crippen molar-refractivity contribution in [3.8, 4) is 0 Å². The lowest BCUT2D eigenvalue weighted by Crippen LogP contribution is -2.46. The third-order valence-electron chi connectivity index (χ3n) is 6.05. The van der Waals surface area contributed by atoms with Gasteiger partial charge in [0.05, 0.1) is 23.6 Å². The second-order valence-corrected chi connectivity index (χ2v) is 7.58. The van der Waals surface area contributed by atoms with Gasteiger partial charge in [-0.15, -0.1) is 0 Å².